The second-order valence-electron chi connectivity index (χ2n) is 6.14. The van der Waals surface area contributed by atoms with Crippen LogP contribution in [0.15, 0.2) is 47.3 Å². The topological polar surface area (TPSA) is 71.8 Å². The first-order valence-electron chi connectivity index (χ1n) is 8.39. The number of nitrogens with zero attached hydrogens (tertiary/aromatic N) is 1. The van der Waals surface area contributed by atoms with E-state index >= 15 is 0 Å². The number of hydrogen-bond acceptors (Lipinski definition) is 4. The molecule has 1 N–H and O–H groups in total. The fourth-order valence-electron chi connectivity index (χ4n) is 2.99. The number of benzene rings is 1. The minimum Gasteiger partial charge on any atom is -0.497 e. The Morgan fingerprint density at radius 3 is 2.52 bits per heavy atom. The largest absolute Gasteiger partial charge is 0.497 e. The van der Waals surface area contributed by atoms with Gasteiger partial charge >= 0.3 is 0 Å². The van der Waals surface area contributed by atoms with Crippen molar-refractivity contribution in [3.05, 3.63) is 54.0 Å². The molecule has 25 heavy (non-hydrogen) atoms. The number of hydrogen-bond donors (Lipinski definition) is 1. The standard InChI is InChI=1S/C19H22N2O4/c1-24-17-4-2-14(3-5-17)12-20-18(22)15-6-9-21(10-7-15)19(23)16-8-11-25-13-16/h2-5,8,11,13,15H,6-7,9-10,12H2,1H3,(H,20,22). The molecule has 1 aromatic heterocycles. The number of amides is 2. The van der Waals surface area contributed by atoms with Crippen LogP contribution in [0.4, 0.5) is 0 Å². The number of piperidine rings is 1. The highest BCUT2D eigenvalue weighted by atomic mass is 16.5. The van der Waals surface area contributed by atoms with Crippen molar-refractivity contribution in [1.82, 2.24) is 10.2 Å². The zero-order chi connectivity index (χ0) is 17.6. The minimum absolute atomic E-state index is 0.0363. The molecule has 1 fully saturated rings. The van der Waals surface area contributed by atoms with Gasteiger partial charge in [-0.25, -0.2) is 0 Å². The smallest absolute Gasteiger partial charge is 0.257 e. The van der Waals surface area contributed by atoms with E-state index in [9.17, 15) is 9.59 Å². The molecule has 0 radical (unpaired) electrons. The van der Waals surface area contributed by atoms with Crippen LogP contribution >= 0.6 is 0 Å². The van der Waals surface area contributed by atoms with E-state index in [0.717, 1.165) is 11.3 Å². The molecule has 1 saturated heterocycles. The van der Waals surface area contributed by atoms with Gasteiger partial charge in [0.2, 0.25) is 5.91 Å². The van der Waals surface area contributed by atoms with E-state index in [1.165, 1.54) is 12.5 Å². The summed E-state index contributed by atoms with van der Waals surface area (Å²) in [6, 6.07) is 9.29. The maximum atomic E-state index is 12.3. The van der Waals surface area contributed by atoms with Gasteiger partial charge in [-0.3, -0.25) is 9.59 Å². The summed E-state index contributed by atoms with van der Waals surface area (Å²) in [7, 11) is 1.63. The third kappa shape index (κ3) is 4.21. The number of methoxy groups -OCH3 is 1. The molecule has 0 saturated carbocycles. The van der Waals surface area contributed by atoms with Crippen molar-refractivity contribution in [2.24, 2.45) is 5.92 Å². The van der Waals surface area contributed by atoms with Gasteiger partial charge in [0.1, 0.15) is 12.0 Å². The van der Waals surface area contributed by atoms with Gasteiger partial charge in [-0.15, -0.1) is 0 Å². The zero-order valence-corrected chi connectivity index (χ0v) is 14.2. The molecule has 6 heteroatoms. The summed E-state index contributed by atoms with van der Waals surface area (Å²) in [6.07, 6.45) is 4.30. The molecule has 2 aromatic rings. The number of rotatable bonds is 5. The van der Waals surface area contributed by atoms with Crippen LogP contribution in [0.3, 0.4) is 0 Å². The summed E-state index contributed by atoms with van der Waals surface area (Å²) in [5, 5.41) is 2.98. The summed E-state index contributed by atoms with van der Waals surface area (Å²) in [4.78, 5) is 26.4. The predicted octanol–water partition coefficient (Wildman–Crippen LogP) is 2.46. The lowest BCUT2D eigenvalue weighted by Crippen LogP contribution is -2.42. The molecule has 0 aliphatic carbocycles. The summed E-state index contributed by atoms with van der Waals surface area (Å²) in [5.74, 6) is 0.758. The van der Waals surface area contributed by atoms with Crippen LogP contribution in [0, 0.1) is 5.92 Å². The van der Waals surface area contributed by atoms with Crippen molar-refractivity contribution < 1.29 is 18.7 Å². The number of ether oxygens (including phenoxy) is 1. The lowest BCUT2D eigenvalue weighted by Gasteiger charge is -2.31. The Labute approximate surface area is 146 Å². The number of likely N-dealkylation sites (tertiary alicyclic amines) is 1. The van der Waals surface area contributed by atoms with E-state index in [1.807, 2.05) is 24.3 Å². The average Bonchev–Trinajstić information content (AvgIpc) is 3.21. The number of carbonyl (C=O) groups is 2. The van der Waals surface area contributed by atoms with Gasteiger partial charge in [-0.05, 0) is 36.6 Å². The van der Waals surface area contributed by atoms with Gasteiger partial charge in [-0.2, -0.15) is 0 Å². The Morgan fingerprint density at radius 1 is 1.20 bits per heavy atom. The van der Waals surface area contributed by atoms with E-state index in [1.54, 1.807) is 18.1 Å². The van der Waals surface area contributed by atoms with Crippen LogP contribution in [0.2, 0.25) is 0 Å². The molecular weight excluding hydrogens is 320 g/mol. The Kier molecular flexibility index (Phi) is 5.38. The average molecular weight is 342 g/mol. The molecule has 0 bridgehead atoms. The fourth-order valence-corrected chi connectivity index (χ4v) is 2.99. The normalized spacial score (nSPS) is 15.0. The zero-order valence-electron chi connectivity index (χ0n) is 14.2. The quantitative estimate of drug-likeness (QED) is 0.906. The first kappa shape index (κ1) is 17.1. The molecule has 0 atom stereocenters. The molecule has 1 aliphatic rings. The van der Waals surface area contributed by atoms with Crippen molar-refractivity contribution in [3.8, 4) is 5.75 Å². The summed E-state index contributed by atoms with van der Waals surface area (Å²) >= 11 is 0. The number of nitrogens with one attached hydrogen (secondary N) is 1. The summed E-state index contributed by atoms with van der Waals surface area (Å²) in [5.41, 5.74) is 1.59. The Balaban J connectivity index is 1.45. The highest BCUT2D eigenvalue weighted by Crippen LogP contribution is 2.20. The SMILES string of the molecule is COc1ccc(CNC(=O)C2CCN(C(=O)c3ccoc3)CC2)cc1. The third-order valence-corrected chi connectivity index (χ3v) is 4.55. The van der Waals surface area contributed by atoms with E-state index < -0.39 is 0 Å². The first-order valence-corrected chi connectivity index (χ1v) is 8.39. The van der Waals surface area contributed by atoms with E-state index in [2.05, 4.69) is 5.32 Å². The maximum absolute atomic E-state index is 12.3. The minimum atomic E-state index is -0.0494. The molecule has 0 unspecified atom stereocenters. The van der Waals surface area contributed by atoms with Crippen LogP contribution in [0.5, 0.6) is 5.75 Å². The van der Waals surface area contributed by atoms with Gasteiger partial charge < -0.3 is 19.4 Å². The second kappa shape index (κ2) is 7.88. The molecule has 0 spiro atoms. The van der Waals surface area contributed by atoms with Crippen LogP contribution in [0.1, 0.15) is 28.8 Å². The van der Waals surface area contributed by atoms with Crippen LogP contribution in [-0.2, 0) is 11.3 Å². The van der Waals surface area contributed by atoms with Crippen LogP contribution in [-0.4, -0.2) is 36.9 Å². The molecule has 3 rings (SSSR count). The molecule has 132 valence electrons. The molecule has 2 amide bonds. The fraction of sp³-hybridized carbons (Fsp3) is 0.368. The highest BCUT2D eigenvalue weighted by Gasteiger charge is 2.27. The number of furan rings is 1. The lowest BCUT2D eigenvalue weighted by molar-refractivity contribution is -0.126. The molecule has 1 aromatic carbocycles. The van der Waals surface area contributed by atoms with Crippen molar-refractivity contribution in [2.45, 2.75) is 19.4 Å². The van der Waals surface area contributed by atoms with E-state index in [0.29, 0.717) is 38.0 Å². The van der Waals surface area contributed by atoms with Gasteiger partial charge in [0.25, 0.3) is 5.91 Å². The maximum Gasteiger partial charge on any atom is 0.257 e. The van der Waals surface area contributed by atoms with Gasteiger partial charge in [0.05, 0.1) is 18.9 Å². The Hall–Kier alpha value is -2.76. The predicted molar refractivity (Wildman–Crippen MR) is 92.2 cm³/mol. The molecule has 6 nitrogen and oxygen atoms in total. The van der Waals surface area contributed by atoms with Gasteiger partial charge in [0, 0.05) is 25.6 Å². The number of carbonyl (C=O) groups excluding carboxylic acids is 2. The Morgan fingerprint density at radius 2 is 1.92 bits per heavy atom. The van der Waals surface area contributed by atoms with Crippen molar-refractivity contribution in [3.63, 3.8) is 0 Å². The third-order valence-electron chi connectivity index (χ3n) is 4.55. The molecule has 2 heterocycles. The van der Waals surface area contributed by atoms with Crippen molar-refractivity contribution in [2.75, 3.05) is 20.2 Å². The van der Waals surface area contributed by atoms with E-state index in [4.69, 9.17) is 9.15 Å². The highest BCUT2D eigenvalue weighted by molar-refractivity contribution is 5.94. The lowest BCUT2D eigenvalue weighted by atomic mass is 9.95. The Bertz CT molecular complexity index is 702. The monoisotopic (exact) mass is 342 g/mol. The first-order chi connectivity index (χ1) is 12.2. The molecular formula is C19H22N2O4. The van der Waals surface area contributed by atoms with Crippen molar-refractivity contribution in [1.29, 1.82) is 0 Å². The van der Waals surface area contributed by atoms with E-state index in [-0.39, 0.29) is 17.7 Å². The van der Waals surface area contributed by atoms with Crippen molar-refractivity contribution >= 4 is 11.8 Å². The second-order valence-corrected chi connectivity index (χ2v) is 6.14. The van der Waals surface area contributed by atoms with Crippen LogP contribution in [0.25, 0.3) is 0 Å². The summed E-state index contributed by atoms with van der Waals surface area (Å²) < 4.78 is 10.1. The van der Waals surface area contributed by atoms with Gasteiger partial charge in [-0.1, -0.05) is 12.1 Å². The molecule has 1 aliphatic heterocycles. The van der Waals surface area contributed by atoms with Gasteiger partial charge in [0.15, 0.2) is 0 Å². The summed E-state index contributed by atoms with van der Waals surface area (Å²) in [6.45, 7) is 1.67. The van der Waals surface area contributed by atoms with Crippen LogP contribution < -0.4 is 10.1 Å².